The lowest BCUT2D eigenvalue weighted by atomic mass is 10.1. The number of unbranched alkanes of at least 4 members (excludes halogenated alkanes) is 5. The molecule has 0 aliphatic carbocycles. The number of hydrogen-bond donors (Lipinski definition) is 0. The van der Waals surface area contributed by atoms with Gasteiger partial charge in [0.25, 0.3) is 8.53 Å². The Morgan fingerprint density at radius 3 is 2.44 bits per heavy atom. The molecule has 3 nitrogen and oxygen atoms in total. The van der Waals surface area contributed by atoms with Gasteiger partial charge in [-0.1, -0.05) is 39.0 Å². The molecule has 0 aromatic rings. The molecule has 0 amide bonds. The van der Waals surface area contributed by atoms with E-state index in [0.717, 1.165) is 19.8 Å². The van der Waals surface area contributed by atoms with Crippen LogP contribution in [0.15, 0.2) is 0 Å². The van der Waals surface area contributed by atoms with Crippen molar-refractivity contribution in [3.63, 3.8) is 0 Å². The van der Waals surface area contributed by atoms with E-state index in [1.165, 1.54) is 38.5 Å². The average Bonchev–Trinajstić information content (AvgIpc) is 2.76. The fourth-order valence-corrected chi connectivity index (χ4v) is 3.68. The summed E-state index contributed by atoms with van der Waals surface area (Å²) < 4.78 is 14.0. The summed E-state index contributed by atoms with van der Waals surface area (Å²) in [6, 6.07) is 0. The molecule has 1 rings (SSSR count). The Morgan fingerprint density at radius 2 is 1.78 bits per heavy atom. The van der Waals surface area contributed by atoms with Crippen LogP contribution in [0.5, 0.6) is 0 Å². The summed E-state index contributed by atoms with van der Waals surface area (Å²) in [5.41, 5.74) is 0.156. The van der Waals surface area contributed by atoms with Crippen LogP contribution in [0.1, 0.15) is 66.2 Å². The van der Waals surface area contributed by atoms with Crippen LogP contribution in [-0.2, 0) is 9.05 Å². The molecule has 1 atom stereocenters. The van der Waals surface area contributed by atoms with Crippen molar-refractivity contribution in [2.45, 2.75) is 71.8 Å². The van der Waals surface area contributed by atoms with Gasteiger partial charge in [-0.25, -0.2) is 4.67 Å². The van der Waals surface area contributed by atoms with Crippen LogP contribution >= 0.6 is 8.53 Å². The highest BCUT2D eigenvalue weighted by atomic mass is 31.2. The van der Waals surface area contributed by atoms with Crippen molar-refractivity contribution in [1.29, 1.82) is 0 Å². The van der Waals surface area contributed by atoms with Crippen LogP contribution in [0.25, 0.3) is 0 Å². The number of rotatable bonds is 8. The van der Waals surface area contributed by atoms with Gasteiger partial charge < -0.3 is 9.05 Å². The Morgan fingerprint density at radius 1 is 1.11 bits per heavy atom. The average molecular weight is 275 g/mol. The van der Waals surface area contributed by atoms with E-state index in [4.69, 9.17) is 9.05 Å². The molecule has 18 heavy (non-hydrogen) atoms. The summed E-state index contributed by atoms with van der Waals surface area (Å²) in [6.07, 6.45) is 7.86. The van der Waals surface area contributed by atoms with Crippen molar-refractivity contribution in [3.05, 3.63) is 0 Å². The van der Waals surface area contributed by atoms with Crippen molar-refractivity contribution < 1.29 is 9.05 Å². The molecule has 1 aliphatic heterocycles. The topological polar surface area (TPSA) is 21.7 Å². The number of hydrogen-bond acceptors (Lipinski definition) is 3. The number of nitrogens with zero attached hydrogens (tertiary/aromatic N) is 1. The predicted molar refractivity (Wildman–Crippen MR) is 78.7 cm³/mol. The fraction of sp³-hybridized carbons (Fsp3) is 1.00. The summed E-state index contributed by atoms with van der Waals surface area (Å²) in [5.74, 6) is 0. The normalized spacial score (nSPS) is 21.7. The quantitative estimate of drug-likeness (QED) is 0.472. The maximum absolute atomic E-state index is 5.92. The summed E-state index contributed by atoms with van der Waals surface area (Å²) >= 11 is 0. The van der Waals surface area contributed by atoms with E-state index in [0.29, 0.717) is 0 Å². The molecule has 108 valence electrons. The second-order valence-electron chi connectivity index (χ2n) is 5.97. The van der Waals surface area contributed by atoms with Crippen molar-refractivity contribution in [1.82, 2.24) is 4.67 Å². The second-order valence-corrected chi connectivity index (χ2v) is 7.44. The summed E-state index contributed by atoms with van der Waals surface area (Å²) in [4.78, 5) is 0. The van der Waals surface area contributed by atoms with E-state index >= 15 is 0 Å². The van der Waals surface area contributed by atoms with Crippen molar-refractivity contribution in [2.24, 2.45) is 0 Å². The molecule has 0 aromatic carbocycles. The van der Waals surface area contributed by atoms with Gasteiger partial charge in [-0.15, -0.1) is 0 Å². The highest BCUT2D eigenvalue weighted by Gasteiger charge is 2.35. The Hall–Kier alpha value is 0.310. The van der Waals surface area contributed by atoms with Crippen LogP contribution in [0, 0.1) is 0 Å². The van der Waals surface area contributed by atoms with Crippen molar-refractivity contribution in [3.8, 4) is 0 Å². The summed E-state index contributed by atoms with van der Waals surface area (Å²) in [5, 5.41) is 0. The van der Waals surface area contributed by atoms with Crippen LogP contribution in [0.3, 0.4) is 0 Å². The Labute approximate surface area is 114 Å². The van der Waals surface area contributed by atoms with Crippen LogP contribution < -0.4 is 0 Å². The lowest BCUT2D eigenvalue weighted by Gasteiger charge is -2.33. The highest BCUT2D eigenvalue weighted by molar-refractivity contribution is 7.44. The van der Waals surface area contributed by atoms with E-state index in [9.17, 15) is 0 Å². The van der Waals surface area contributed by atoms with Gasteiger partial charge in [0.05, 0.1) is 13.2 Å². The zero-order valence-corrected chi connectivity index (χ0v) is 13.5. The first kappa shape index (κ1) is 16.4. The van der Waals surface area contributed by atoms with E-state index in [2.05, 4.69) is 32.4 Å². The highest BCUT2D eigenvalue weighted by Crippen LogP contribution is 2.50. The summed E-state index contributed by atoms with van der Waals surface area (Å²) in [6.45, 7) is 11.6. The molecule has 0 radical (unpaired) electrons. The third-order valence-electron chi connectivity index (χ3n) is 3.18. The third kappa shape index (κ3) is 5.97. The van der Waals surface area contributed by atoms with Gasteiger partial charge in [0, 0.05) is 12.1 Å². The molecule has 0 spiro atoms. The lowest BCUT2D eigenvalue weighted by molar-refractivity contribution is 0.225. The minimum atomic E-state index is -0.791. The lowest BCUT2D eigenvalue weighted by Crippen LogP contribution is -2.35. The first-order valence-corrected chi connectivity index (χ1v) is 8.52. The Balaban J connectivity index is 2.08. The minimum absolute atomic E-state index is 0.156. The van der Waals surface area contributed by atoms with Gasteiger partial charge in [-0.2, -0.15) is 0 Å². The van der Waals surface area contributed by atoms with Gasteiger partial charge in [-0.3, -0.25) is 0 Å². The molecule has 0 saturated carbocycles. The van der Waals surface area contributed by atoms with E-state index in [1.807, 2.05) is 0 Å². The third-order valence-corrected chi connectivity index (χ3v) is 5.18. The van der Waals surface area contributed by atoms with Gasteiger partial charge in [0.15, 0.2) is 0 Å². The standard InChI is InChI=1S/C14H30NO2P/c1-5-6-7-8-9-10-12-16-18-15(11-13-17-18)14(2,3)4/h5-13H2,1-4H3. The fourth-order valence-electron chi connectivity index (χ4n) is 2.07. The van der Waals surface area contributed by atoms with E-state index in [1.54, 1.807) is 0 Å². The monoisotopic (exact) mass is 275 g/mol. The maximum atomic E-state index is 5.92. The molecule has 0 bridgehead atoms. The van der Waals surface area contributed by atoms with Crippen LogP contribution in [0.4, 0.5) is 0 Å². The SMILES string of the molecule is CCCCCCCCOP1OCCN1C(C)(C)C. The second kappa shape index (κ2) is 8.47. The zero-order valence-electron chi connectivity index (χ0n) is 12.6. The van der Waals surface area contributed by atoms with E-state index < -0.39 is 8.53 Å². The van der Waals surface area contributed by atoms with Crippen LogP contribution in [-0.4, -0.2) is 30.0 Å². The molecule has 1 heterocycles. The minimum Gasteiger partial charge on any atom is -0.322 e. The van der Waals surface area contributed by atoms with Gasteiger partial charge in [0.2, 0.25) is 0 Å². The van der Waals surface area contributed by atoms with Gasteiger partial charge >= 0.3 is 0 Å². The Kier molecular flexibility index (Phi) is 7.70. The largest absolute Gasteiger partial charge is 0.322 e. The van der Waals surface area contributed by atoms with Gasteiger partial charge in [0.1, 0.15) is 0 Å². The molecule has 1 fully saturated rings. The zero-order chi connectivity index (χ0) is 13.4. The first-order chi connectivity index (χ1) is 8.55. The molecular formula is C14H30NO2P. The summed E-state index contributed by atoms with van der Waals surface area (Å²) in [7, 11) is -0.791. The molecule has 0 aromatic heterocycles. The molecule has 1 unspecified atom stereocenters. The molecule has 1 aliphatic rings. The Bertz CT molecular complexity index is 218. The first-order valence-electron chi connectivity index (χ1n) is 7.39. The molecule has 0 N–H and O–H groups in total. The van der Waals surface area contributed by atoms with Crippen molar-refractivity contribution in [2.75, 3.05) is 19.8 Å². The van der Waals surface area contributed by atoms with Gasteiger partial charge in [-0.05, 0) is 27.2 Å². The van der Waals surface area contributed by atoms with E-state index in [-0.39, 0.29) is 5.54 Å². The van der Waals surface area contributed by atoms with Crippen molar-refractivity contribution >= 4 is 8.53 Å². The van der Waals surface area contributed by atoms with Crippen LogP contribution in [0.2, 0.25) is 0 Å². The predicted octanol–water partition coefficient (Wildman–Crippen LogP) is 4.72. The smallest absolute Gasteiger partial charge is 0.259 e. The molecule has 4 heteroatoms. The molecule has 1 saturated heterocycles. The molecular weight excluding hydrogens is 245 g/mol. The maximum Gasteiger partial charge on any atom is 0.259 e.